The number of hydrogen-bond acceptors (Lipinski definition) is 7. The highest BCUT2D eigenvalue weighted by atomic mass is 32.2. The third kappa shape index (κ3) is 4.99. The molecule has 0 radical (unpaired) electrons. The lowest BCUT2D eigenvalue weighted by atomic mass is 10.2. The van der Waals surface area contributed by atoms with Crippen LogP contribution in [-0.2, 0) is 14.8 Å². The first-order valence-electron chi connectivity index (χ1n) is 8.08. The van der Waals surface area contributed by atoms with Crippen molar-refractivity contribution in [3.8, 4) is 17.2 Å². The molecule has 28 heavy (non-hydrogen) atoms. The van der Waals surface area contributed by atoms with Gasteiger partial charge in [-0.2, -0.15) is 9.41 Å². The van der Waals surface area contributed by atoms with Crippen LogP contribution in [0.5, 0.6) is 17.2 Å². The number of carbonyl (C=O) groups is 1. The van der Waals surface area contributed by atoms with E-state index in [1.165, 1.54) is 45.7 Å². The minimum atomic E-state index is -4.02. The zero-order valence-corrected chi connectivity index (χ0v) is 16.4. The predicted octanol–water partition coefficient (Wildman–Crippen LogP) is 1.18. The zero-order chi connectivity index (χ0) is 20.7. The lowest BCUT2D eigenvalue weighted by molar-refractivity contribution is -0.121. The van der Waals surface area contributed by atoms with Gasteiger partial charge in [0.05, 0.1) is 27.0 Å². The second kappa shape index (κ2) is 9.20. The quantitative estimate of drug-likeness (QED) is 0.501. The van der Waals surface area contributed by atoms with Gasteiger partial charge >= 0.3 is 0 Å². The standard InChI is InChI=1S/C18H21N3O6S/c1-21(12-18(23)20-19-11-13-6-4-5-7-15(13)22)28(24,25)17-10-14(26-2)8-9-16(17)27-3/h4-11,22H,12H2,1-3H3,(H,20,23). The molecule has 0 heterocycles. The molecule has 0 fully saturated rings. The number of phenols is 1. The Kier molecular flexibility index (Phi) is 6.96. The van der Waals surface area contributed by atoms with E-state index in [1.807, 2.05) is 0 Å². The Morgan fingerprint density at radius 3 is 2.57 bits per heavy atom. The fourth-order valence-electron chi connectivity index (χ4n) is 2.25. The molecule has 0 unspecified atom stereocenters. The fourth-order valence-corrected chi connectivity index (χ4v) is 3.54. The monoisotopic (exact) mass is 407 g/mol. The number of benzene rings is 2. The van der Waals surface area contributed by atoms with E-state index in [9.17, 15) is 18.3 Å². The molecule has 0 aliphatic carbocycles. The van der Waals surface area contributed by atoms with Crippen LogP contribution in [-0.4, -0.2) is 57.8 Å². The Morgan fingerprint density at radius 2 is 1.93 bits per heavy atom. The maximum absolute atomic E-state index is 12.8. The van der Waals surface area contributed by atoms with Gasteiger partial charge in [-0.25, -0.2) is 13.8 Å². The lowest BCUT2D eigenvalue weighted by Gasteiger charge is -2.18. The van der Waals surface area contributed by atoms with Gasteiger partial charge in [0.2, 0.25) is 10.0 Å². The molecule has 0 saturated carbocycles. The van der Waals surface area contributed by atoms with Gasteiger partial charge in [0.25, 0.3) is 5.91 Å². The van der Waals surface area contributed by atoms with Crippen LogP contribution in [0.4, 0.5) is 0 Å². The second-order valence-corrected chi connectivity index (χ2v) is 7.64. The van der Waals surface area contributed by atoms with E-state index in [2.05, 4.69) is 10.5 Å². The first-order valence-corrected chi connectivity index (χ1v) is 9.52. The Morgan fingerprint density at radius 1 is 1.21 bits per heavy atom. The molecule has 1 amide bonds. The van der Waals surface area contributed by atoms with Crippen molar-refractivity contribution in [2.45, 2.75) is 4.90 Å². The number of nitrogens with zero attached hydrogens (tertiary/aromatic N) is 2. The Hall–Kier alpha value is -3.11. The van der Waals surface area contributed by atoms with Crippen LogP contribution in [0.1, 0.15) is 5.56 Å². The molecule has 2 rings (SSSR count). The van der Waals surface area contributed by atoms with E-state index in [1.54, 1.807) is 24.3 Å². The van der Waals surface area contributed by atoms with Crippen molar-refractivity contribution in [2.75, 3.05) is 27.8 Å². The first kappa shape index (κ1) is 21.2. The topological polar surface area (TPSA) is 118 Å². The summed E-state index contributed by atoms with van der Waals surface area (Å²) in [6.45, 7) is -0.471. The van der Waals surface area contributed by atoms with E-state index in [4.69, 9.17) is 9.47 Å². The molecule has 0 spiro atoms. The van der Waals surface area contributed by atoms with Gasteiger partial charge in [-0.3, -0.25) is 4.79 Å². The van der Waals surface area contributed by atoms with Crippen molar-refractivity contribution >= 4 is 22.1 Å². The number of methoxy groups -OCH3 is 2. The molecule has 2 aromatic carbocycles. The maximum atomic E-state index is 12.8. The van der Waals surface area contributed by atoms with Crippen molar-refractivity contribution in [3.05, 3.63) is 48.0 Å². The van der Waals surface area contributed by atoms with Crippen molar-refractivity contribution in [1.82, 2.24) is 9.73 Å². The third-order valence-electron chi connectivity index (χ3n) is 3.75. The number of likely N-dealkylation sites (N-methyl/N-ethyl adjacent to an activating group) is 1. The summed E-state index contributed by atoms with van der Waals surface area (Å²) in [7, 11) is 0.00982. The second-order valence-electron chi connectivity index (χ2n) is 5.63. The van der Waals surface area contributed by atoms with Gasteiger partial charge in [-0.1, -0.05) is 12.1 Å². The molecule has 0 atom stereocenters. The highest BCUT2D eigenvalue weighted by molar-refractivity contribution is 7.89. The summed E-state index contributed by atoms with van der Waals surface area (Å²) in [6, 6.07) is 10.8. The maximum Gasteiger partial charge on any atom is 0.255 e. The van der Waals surface area contributed by atoms with E-state index in [0.717, 1.165) is 4.31 Å². The van der Waals surface area contributed by atoms with Gasteiger partial charge in [0.15, 0.2) is 0 Å². The largest absolute Gasteiger partial charge is 0.507 e. The minimum Gasteiger partial charge on any atom is -0.507 e. The summed E-state index contributed by atoms with van der Waals surface area (Å²) in [5, 5.41) is 13.4. The molecular formula is C18H21N3O6S. The average Bonchev–Trinajstić information content (AvgIpc) is 2.68. The molecule has 0 aliphatic rings. The molecule has 0 aromatic heterocycles. The SMILES string of the molecule is COc1ccc(OC)c(S(=O)(=O)N(C)CC(=O)NN=Cc2ccccc2O)c1. The van der Waals surface area contributed by atoms with Crippen molar-refractivity contribution in [3.63, 3.8) is 0 Å². The van der Waals surface area contributed by atoms with Crippen LogP contribution >= 0.6 is 0 Å². The van der Waals surface area contributed by atoms with Gasteiger partial charge < -0.3 is 14.6 Å². The van der Waals surface area contributed by atoms with Gasteiger partial charge in [0.1, 0.15) is 22.1 Å². The van der Waals surface area contributed by atoms with Crippen LogP contribution in [0.2, 0.25) is 0 Å². The molecule has 0 saturated heterocycles. The summed E-state index contributed by atoms with van der Waals surface area (Å²) >= 11 is 0. The molecular weight excluding hydrogens is 386 g/mol. The number of rotatable bonds is 8. The van der Waals surface area contributed by atoms with Gasteiger partial charge in [-0.15, -0.1) is 0 Å². The van der Waals surface area contributed by atoms with E-state index in [0.29, 0.717) is 11.3 Å². The van der Waals surface area contributed by atoms with Crippen molar-refractivity contribution < 1.29 is 27.8 Å². The molecule has 2 N–H and O–H groups in total. The number of hydrazone groups is 1. The summed E-state index contributed by atoms with van der Waals surface area (Å²) in [6.07, 6.45) is 1.26. The first-order chi connectivity index (χ1) is 13.3. The van der Waals surface area contributed by atoms with Crippen LogP contribution in [0, 0.1) is 0 Å². The molecule has 0 bridgehead atoms. The van der Waals surface area contributed by atoms with Crippen LogP contribution < -0.4 is 14.9 Å². The summed E-state index contributed by atoms with van der Waals surface area (Å²) < 4.78 is 36.6. The zero-order valence-electron chi connectivity index (χ0n) is 15.6. The summed E-state index contributed by atoms with van der Waals surface area (Å²) in [5.74, 6) is -0.181. The number of ether oxygens (including phenoxy) is 2. The van der Waals surface area contributed by atoms with Crippen molar-refractivity contribution in [1.29, 1.82) is 0 Å². The molecule has 150 valence electrons. The fraction of sp³-hybridized carbons (Fsp3) is 0.222. The van der Waals surface area contributed by atoms with Gasteiger partial charge in [-0.05, 0) is 24.3 Å². The highest BCUT2D eigenvalue weighted by Gasteiger charge is 2.27. The Balaban J connectivity index is 2.10. The molecule has 9 nitrogen and oxygen atoms in total. The van der Waals surface area contributed by atoms with E-state index < -0.39 is 22.5 Å². The summed E-state index contributed by atoms with van der Waals surface area (Å²) in [4.78, 5) is 11.9. The predicted molar refractivity (Wildman–Crippen MR) is 103 cm³/mol. The smallest absolute Gasteiger partial charge is 0.255 e. The molecule has 2 aromatic rings. The molecule has 10 heteroatoms. The number of phenolic OH excluding ortho intramolecular Hbond substituents is 1. The van der Waals surface area contributed by atoms with E-state index >= 15 is 0 Å². The Bertz CT molecular complexity index is 975. The lowest BCUT2D eigenvalue weighted by Crippen LogP contribution is -2.36. The number of sulfonamides is 1. The average molecular weight is 407 g/mol. The van der Waals surface area contributed by atoms with E-state index in [-0.39, 0.29) is 16.4 Å². The summed E-state index contributed by atoms with van der Waals surface area (Å²) in [5.41, 5.74) is 2.63. The van der Waals surface area contributed by atoms with Crippen LogP contribution in [0.25, 0.3) is 0 Å². The normalized spacial score (nSPS) is 11.6. The molecule has 0 aliphatic heterocycles. The van der Waals surface area contributed by atoms with Crippen LogP contribution in [0.3, 0.4) is 0 Å². The van der Waals surface area contributed by atoms with Gasteiger partial charge in [0, 0.05) is 18.7 Å². The number of amides is 1. The third-order valence-corrected chi connectivity index (χ3v) is 5.58. The number of hydrogen-bond donors (Lipinski definition) is 2. The number of aromatic hydroxyl groups is 1. The highest BCUT2D eigenvalue weighted by Crippen LogP contribution is 2.30. The number of nitrogens with one attached hydrogen (secondary N) is 1. The number of carbonyl (C=O) groups excluding carboxylic acids is 1. The van der Waals surface area contributed by atoms with Crippen LogP contribution in [0.15, 0.2) is 52.5 Å². The Labute approximate surface area is 163 Å². The number of para-hydroxylation sites is 1. The van der Waals surface area contributed by atoms with Crippen molar-refractivity contribution in [2.24, 2.45) is 5.10 Å². The minimum absolute atomic E-state index is 0.00492.